The molecule has 1 aromatic carbocycles. The quantitative estimate of drug-likeness (QED) is 0.845. The summed E-state index contributed by atoms with van der Waals surface area (Å²) in [6.45, 7) is 9.69. The highest BCUT2D eigenvalue weighted by Gasteiger charge is 2.13. The Hall–Kier alpha value is -0.730. The Labute approximate surface area is 134 Å². The Morgan fingerprint density at radius 3 is 2.24 bits per heavy atom. The minimum absolute atomic E-state index is 0.133. The van der Waals surface area contributed by atoms with Crippen molar-refractivity contribution in [3.8, 4) is 0 Å². The summed E-state index contributed by atoms with van der Waals surface area (Å²) < 4.78 is 0. The van der Waals surface area contributed by atoms with Gasteiger partial charge in [0.1, 0.15) is 0 Å². The monoisotopic (exact) mass is 308 g/mol. The van der Waals surface area contributed by atoms with Crippen LogP contribution in [0.2, 0.25) is 5.02 Å². The normalized spacial score (nSPS) is 17.4. The number of halogens is 1. The molecule has 0 atom stereocenters. The van der Waals surface area contributed by atoms with E-state index in [1.54, 1.807) is 0 Å². The maximum absolute atomic E-state index is 6.54. The maximum Gasteiger partial charge on any atom is 0.0642 e. The minimum atomic E-state index is 0.133. The third kappa shape index (κ3) is 5.52. The molecule has 1 aliphatic rings. The zero-order valence-corrected chi connectivity index (χ0v) is 14.5. The summed E-state index contributed by atoms with van der Waals surface area (Å²) in [4.78, 5) is 2.46. The van der Waals surface area contributed by atoms with Crippen LogP contribution >= 0.6 is 11.6 Å². The Morgan fingerprint density at radius 1 is 1.05 bits per heavy atom. The second kappa shape index (κ2) is 7.51. The van der Waals surface area contributed by atoms with Crippen molar-refractivity contribution < 1.29 is 0 Å². The zero-order valence-electron chi connectivity index (χ0n) is 13.7. The molecule has 3 heteroatoms. The summed E-state index contributed by atoms with van der Waals surface area (Å²) >= 11 is 6.54. The van der Waals surface area contributed by atoms with Crippen LogP contribution in [0.25, 0.3) is 0 Å². The molecule has 0 saturated carbocycles. The van der Waals surface area contributed by atoms with E-state index >= 15 is 0 Å². The van der Waals surface area contributed by atoms with E-state index in [1.807, 2.05) is 0 Å². The molecule has 21 heavy (non-hydrogen) atoms. The van der Waals surface area contributed by atoms with Gasteiger partial charge in [-0.15, -0.1) is 0 Å². The van der Waals surface area contributed by atoms with Gasteiger partial charge in [0.2, 0.25) is 0 Å². The van der Waals surface area contributed by atoms with Gasteiger partial charge in [0, 0.05) is 25.2 Å². The zero-order chi connectivity index (χ0) is 15.3. The Kier molecular flexibility index (Phi) is 5.95. The van der Waals surface area contributed by atoms with E-state index in [2.05, 4.69) is 49.2 Å². The Balaban J connectivity index is 2.03. The molecule has 0 bridgehead atoms. The fourth-order valence-corrected chi connectivity index (χ4v) is 3.10. The number of hydrogen-bond acceptors (Lipinski definition) is 2. The molecule has 118 valence electrons. The highest BCUT2D eigenvalue weighted by atomic mass is 35.5. The van der Waals surface area contributed by atoms with Crippen molar-refractivity contribution >= 4 is 17.3 Å². The van der Waals surface area contributed by atoms with Gasteiger partial charge in [-0.1, -0.05) is 36.9 Å². The number of rotatable bonds is 3. The van der Waals surface area contributed by atoms with Crippen LogP contribution < -0.4 is 10.2 Å². The van der Waals surface area contributed by atoms with Gasteiger partial charge in [-0.2, -0.15) is 0 Å². The number of nitrogens with one attached hydrogen (secondary N) is 1. The van der Waals surface area contributed by atoms with Crippen LogP contribution in [0.5, 0.6) is 0 Å². The fraction of sp³-hybridized carbons (Fsp3) is 0.667. The summed E-state index contributed by atoms with van der Waals surface area (Å²) in [5.74, 6) is 0. The molecule has 1 N–H and O–H groups in total. The third-order valence-corrected chi connectivity index (χ3v) is 4.33. The lowest BCUT2D eigenvalue weighted by atomic mass is 10.1. The SMILES string of the molecule is CC(C)(C)NCc1ccc(N2CCCCCCC2)c(Cl)c1. The van der Waals surface area contributed by atoms with Crippen molar-refractivity contribution in [1.82, 2.24) is 5.32 Å². The van der Waals surface area contributed by atoms with Crippen molar-refractivity contribution in [2.45, 2.75) is 65.0 Å². The Morgan fingerprint density at radius 2 is 1.67 bits per heavy atom. The number of benzene rings is 1. The lowest BCUT2D eigenvalue weighted by Gasteiger charge is -2.28. The van der Waals surface area contributed by atoms with E-state index in [9.17, 15) is 0 Å². The van der Waals surface area contributed by atoms with E-state index < -0.39 is 0 Å². The lowest BCUT2D eigenvalue weighted by Crippen LogP contribution is -2.35. The molecule has 0 aliphatic carbocycles. The van der Waals surface area contributed by atoms with Crippen LogP contribution in [-0.2, 0) is 6.54 Å². The van der Waals surface area contributed by atoms with Gasteiger partial charge in [-0.3, -0.25) is 0 Å². The van der Waals surface area contributed by atoms with Crippen LogP contribution in [-0.4, -0.2) is 18.6 Å². The molecule has 0 amide bonds. The predicted molar refractivity (Wildman–Crippen MR) is 93.3 cm³/mol. The minimum Gasteiger partial charge on any atom is -0.370 e. The van der Waals surface area contributed by atoms with Crippen molar-refractivity contribution in [2.75, 3.05) is 18.0 Å². The van der Waals surface area contributed by atoms with E-state index in [0.717, 1.165) is 24.7 Å². The molecule has 0 unspecified atom stereocenters. The molecule has 2 rings (SSSR count). The number of nitrogens with zero attached hydrogens (tertiary/aromatic N) is 1. The van der Waals surface area contributed by atoms with Crippen molar-refractivity contribution in [3.05, 3.63) is 28.8 Å². The first-order valence-corrected chi connectivity index (χ1v) is 8.62. The molecule has 1 saturated heterocycles. The van der Waals surface area contributed by atoms with Crippen LogP contribution in [0.15, 0.2) is 18.2 Å². The smallest absolute Gasteiger partial charge is 0.0642 e. The standard InChI is InChI=1S/C18H29ClN2/c1-18(2,3)20-14-15-9-10-17(16(19)13-15)21-11-7-5-4-6-8-12-21/h9-10,13,20H,4-8,11-12,14H2,1-3H3. The first-order chi connectivity index (χ1) is 9.96. The molecule has 1 aromatic rings. The van der Waals surface area contributed by atoms with E-state index in [1.165, 1.54) is 43.4 Å². The van der Waals surface area contributed by atoms with Gasteiger partial charge in [0.05, 0.1) is 10.7 Å². The lowest BCUT2D eigenvalue weighted by molar-refractivity contribution is 0.424. The molecule has 0 radical (unpaired) electrons. The number of hydrogen-bond donors (Lipinski definition) is 1. The first kappa shape index (κ1) is 16.6. The van der Waals surface area contributed by atoms with Gasteiger partial charge in [-0.05, 0) is 51.3 Å². The molecule has 1 aliphatic heterocycles. The topological polar surface area (TPSA) is 15.3 Å². The largest absolute Gasteiger partial charge is 0.370 e. The van der Waals surface area contributed by atoms with Crippen LogP contribution in [0.1, 0.15) is 58.4 Å². The maximum atomic E-state index is 6.54. The molecule has 1 heterocycles. The average Bonchev–Trinajstić information content (AvgIpc) is 2.36. The van der Waals surface area contributed by atoms with Crippen LogP contribution in [0.3, 0.4) is 0 Å². The van der Waals surface area contributed by atoms with E-state index in [4.69, 9.17) is 11.6 Å². The van der Waals surface area contributed by atoms with E-state index in [0.29, 0.717) is 0 Å². The van der Waals surface area contributed by atoms with Crippen molar-refractivity contribution in [3.63, 3.8) is 0 Å². The van der Waals surface area contributed by atoms with Gasteiger partial charge in [-0.25, -0.2) is 0 Å². The summed E-state index contributed by atoms with van der Waals surface area (Å²) in [6, 6.07) is 6.52. The first-order valence-electron chi connectivity index (χ1n) is 8.24. The second-order valence-corrected chi connectivity index (χ2v) is 7.55. The number of anilines is 1. The highest BCUT2D eigenvalue weighted by molar-refractivity contribution is 6.33. The molecule has 1 fully saturated rings. The summed E-state index contributed by atoms with van der Waals surface area (Å²) in [5, 5.41) is 4.40. The van der Waals surface area contributed by atoms with Gasteiger partial charge in [0.15, 0.2) is 0 Å². The predicted octanol–water partition coefficient (Wildman–Crippen LogP) is 5.00. The summed E-state index contributed by atoms with van der Waals surface area (Å²) in [5.41, 5.74) is 2.59. The van der Waals surface area contributed by atoms with Gasteiger partial charge < -0.3 is 10.2 Å². The van der Waals surface area contributed by atoms with Crippen LogP contribution in [0.4, 0.5) is 5.69 Å². The molecular formula is C18H29ClN2. The van der Waals surface area contributed by atoms with Crippen molar-refractivity contribution in [2.24, 2.45) is 0 Å². The van der Waals surface area contributed by atoms with Crippen LogP contribution in [0, 0.1) is 0 Å². The molecule has 2 nitrogen and oxygen atoms in total. The summed E-state index contributed by atoms with van der Waals surface area (Å²) in [6.07, 6.45) is 6.65. The average molecular weight is 309 g/mol. The highest BCUT2D eigenvalue weighted by Crippen LogP contribution is 2.28. The summed E-state index contributed by atoms with van der Waals surface area (Å²) in [7, 11) is 0. The molecule has 0 aromatic heterocycles. The van der Waals surface area contributed by atoms with Gasteiger partial charge in [0.25, 0.3) is 0 Å². The molecular weight excluding hydrogens is 280 g/mol. The third-order valence-electron chi connectivity index (χ3n) is 4.03. The van der Waals surface area contributed by atoms with Gasteiger partial charge >= 0.3 is 0 Å². The molecule has 0 spiro atoms. The van der Waals surface area contributed by atoms with E-state index in [-0.39, 0.29) is 5.54 Å². The fourth-order valence-electron chi connectivity index (χ4n) is 2.77. The Bertz CT molecular complexity index is 443. The van der Waals surface area contributed by atoms with Crippen molar-refractivity contribution in [1.29, 1.82) is 0 Å². The second-order valence-electron chi connectivity index (χ2n) is 7.14.